The van der Waals surface area contributed by atoms with Crippen molar-refractivity contribution in [2.24, 2.45) is 10.7 Å². The number of carbonyl (C=O) groups is 1. The summed E-state index contributed by atoms with van der Waals surface area (Å²) < 4.78 is 1.99. The van der Waals surface area contributed by atoms with Crippen LogP contribution in [0.1, 0.15) is 40.8 Å². The maximum absolute atomic E-state index is 12.5. The number of hydrogen-bond acceptors (Lipinski definition) is 5. The molecule has 154 valence electrons. The van der Waals surface area contributed by atoms with Gasteiger partial charge in [0.05, 0.1) is 17.8 Å². The number of rotatable bonds is 5. The van der Waals surface area contributed by atoms with Crippen LogP contribution in [0.3, 0.4) is 0 Å². The van der Waals surface area contributed by atoms with Gasteiger partial charge in [0.2, 0.25) is 5.91 Å². The molecule has 7 nitrogen and oxygen atoms in total. The predicted octanol–water partition coefficient (Wildman–Crippen LogP) is 2.89. The van der Waals surface area contributed by atoms with Crippen LogP contribution < -0.4 is 11.1 Å². The Morgan fingerprint density at radius 1 is 1.17 bits per heavy atom. The van der Waals surface area contributed by atoms with Gasteiger partial charge >= 0.3 is 0 Å². The molecule has 0 aliphatic carbocycles. The summed E-state index contributed by atoms with van der Waals surface area (Å²) in [5, 5.41) is 12.1. The number of aliphatic imine (C=N–C) groups is 1. The largest absolute Gasteiger partial charge is 0.355 e. The highest BCUT2D eigenvalue weighted by Gasteiger charge is 2.29. The average molecular weight is 423 g/mol. The van der Waals surface area contributed by atoms with Crippen LogP contribution in [0, 0.1) is 13.8 Å². The van der Waals surface area contributed by atoms with Crippen LogP contribution in [-0.4, -0.2) is 39.5 Å². The molecule has 0 saturated carbocycles. The number of nitrogens with one attached hydrogen (secondary N) is 1. The van der Waals surface area contributed by atoms with E-state index in [4.69, 9.17) is 22.3 Å². The molecule has 1 atom stereocenters. The maximum atomic E-state index is 12.5. The van der Waals surface area contributed by atoms with E-state index in [-0.39, 0.29) is 12.3 Å². The second-order valence-corrected chi connectivity index (χ2v) is 7.74. The van der Waals surface area contributed by atoms with Crippen LogP contribution in [-0.2, 0) is 4.79 Å². The van der Waals surface area contributed by atoms with Crippen molar-refractivity contribution in [1.82, 2.24) is 20.1 Å². The lowest BCUT2D eigenvalue weighted by Crippen LogP contribution is -2.30. The fourth-order valence-electron chi connectivity index (χ4n) is 3.64. The summed E-state index contributed by atoms with van der Waals surface area (Å²) in [7, 11) is 0. The zero-order valence-electron chi connectivity index (χ0n) is 16.9. The second-order valence-electron chi connectivity index (χ2n) is 7.30. The summed E-state index contributed by atoms with van der Waals surface area (Å²) in [6.45, 7) is 4.75. The fourth-order valence-corrected chi connectivity index (χ4v) is 3.77. The van der Waals surface area contributed by atoms with Crippen molar-refractivity contribution in [3.63, 3.8) is 0 Å². The van der Waals surface area contributed by atoms with Crippen molar-refractivity contribution in [1.29, 1.82) is 0 Å². The van der Waals surface area contributed by atoms with Crippen molar-refractivity contribution >= 4 is 23.2 Å². The second kappa shape index (κ2) is 8.38. The minimum absolute atomic E-state index is 0.126. The van der Waals surface area contributed by atoms with Gasteiger partial charge in [-0.3, -0.25) is 14.4 Å². The molecule has 2 heterocycles. The predicted molar refractivity (Wildman–Crippen MR) is 117 cm³/mol. The smallest absolute Gasteiger partial charge is 0.222 e. The van der Waals surface area contributed by atoms with Crippen molar-refractivity contribution < 1.29 is 4.79 Å². The molecular weight excluding hydrogens is 400 g/mol. The molecule has 2 aromatic carbocycles. The number of carbonyl (C=O) groups excluding carboxylic acids is 1. The molecule has 30 heavy (non-hydrogen) atoms. The molecule has 8 heteroatoms. The van der Waals surface area contributed by atoms with Gasteiger partial charge in [0, 0.05) is 29.2 Å². The van der Waals surface area contributed by atoms with E-state index in [1.807, 2.05) is 48.7 Å². The molecule has 0 bridgehead atoms. The molecule has 1 aliphatic heterocycles. The van der Waals surface area contributed by atoms with E-state index < -0.39 is 6.04 Å². The van der Waals surface area contributed by atoms with E-state index in [9.17, 15) is 4.79 Å². The number of aromatic nitrogens is 3. The van der Waals surface area contributed by atoms with E-state index in [2.05, 4.69) is 27.6 Å². The Labute approximate surface area is 180 Å². The summed E-state index contributed by atoms with van der Waals surface area (Å²) in [6, 6.07) is 13.3. The standard InChI is InChI=1S/C22H23ClN6O/c1-13-3-8-19-17(11-13)21(15-4-6-16(23)7-5-15)26-18(12-20(30)25-10-9-24)22-28-27-14(2)29(19)22/h3-8,11,18H,9-10,12,24H2,1-2H3,(H,25,30)/t18-/m0/s1. The number of amides is 1. The topological polar surface area (TPSA) is 98.2 Å². The molecule has 1 aromatic heterocycles. The first-order valence-electron chi connectivity index (χ1n) is 9.81. The third-order valence-corrected chi connectivity index (χ3v) is 5.30. The number of nitrogens with two attached hydrogens (primary N) is 1. The summed E-state index contributed by atoms with van der Waals surface area (Å²) in [6.07, 6.45) is 0.155. The Balaban J connectivity index is 1.90. The van der Waals surface area contributed by atoms with Crippen molar-refractivity contribution in [3.05, 3.63) is 75.8 Å². The Morgan fingerprint density at radius 3 is 2.67 bits per heavy atom. The first kappa shape index (κ1) is 20.3. The van der Waals surface area contributed by atoms with Crippen LogP contribution in [0.25, 0.3) is 5.69 Å². The highest BCUT2D eigenvalue weighted by atomic mass is 35.5. The summed E-state index contributed by atoms with van der Waals surface area (Å²) in [4.78, 5) is 17.5. The first-order chi connectivity index (χ1) is 14.5. The monoisotopic (exact) mass is 422 g/mol. The number of aryl methyl sites for hydroxylation is 2. The molecule has 1 aliphatic rings. The van der Waals surface area contributed by atoms with E-state index in [0.29, 0.717) is 23.9 Å². The molecule has 0 spiro atoms. The van der Waals surface area contributed by atoms with E-state index in [1.54, 1.807) is 0 Å². The zero-order chi connectivity index (χ0) is 21.3. The summed E-state index contributed by atoms with van der Waals surface area (Å²) in [5.41, 5.74) is 10.3. The van der Waals surface area contributed by atoms with E-state index in [0.717, 1.165) is 33.9 Å². The highest BCUT2D eigenvalue weighted by Crippen LogP contribution is 2.33. The molecule has 0 saturated heterocycles. The quantitative estimate of drug-likeness (QED) is 0.660. The summed E-state index contributed by atoms with van der Waals surface area (Å²) in [5.74, 6) is 1.26. The minimum Gasteiger partial charge on any atom is -0.355 e. The van der Waals surface area contributed by atoms with Crippen LogP contribution in [0.2, 0.25) is 5.02 Å². The number of hydrogen-bond donors (Lipinski definition) is 2. The van der Waals surface area contributed by atoms with Gasteiger partial charge < -0.3 is 11.1 Å². The van der Waals surface area contributed by atoms with Crippen molar-refractivity contribution in [3.8, 4) is 5.69 Å². The molecule has 1 amide bonds. The molecule has 3 N–H and O–H groups in total. The zero-order valence-corrected chi connectivity index (χ0v) is 17.6. The molecule has 3 aromatic rings. The lowest BCUT2D eigenvalue weighted by atomic mass is 9.98. The van der Waals surface area contributed by atoms with Gasteiger partial charge in [-0.2, -0.15) is 0 Å². The van der Waals surface area contributed by atoms with E-state index in [1.165, 1.54) is 0 Å². The van der Waals surface area contributed by atoms with Crippen molar-refractivity contribution in [2.75, 3.05) is 13.1 Å². The molecule has 0 radical (unpaired) electrons. The van der Waals surface area contributed by atoms with Crippen LogP contribution >= 0.6 is 11.6 Å². The maximum Gasteiger partial charge on any atom is 0.222 e. The van der Waals surface area contributed by atoms with E-state index >= 15 is 0 Å². The lowest BCUT2D eigenvalue weighted by Gasteiger charge is -2.13. The number of halogens is 1. The van der Waals surface area contributed by atoms with Gasteiger partial charge in [0.15, 0.2) is 5.82 Å². The third-order valence-electron chi connectivity index (χ3n) is 5.04. The highest BCUT2D eigenvalue weighted by molar-refractivity contribution is 6.30. The van der Waals surface area contributed by atoms with Gasteiger partial charge in [0.25, 0.3) is 0 Å². The Bertz CT molecular complexity index is 1120. The van der Waals surface area contributed by atoms with Gasteiger partial charge in [-0.25, -0.2) is 0 Å². The molecule has 0 fully saturated rings. The average Bonchev–Trinajstić information content (AvgIpc) is 3.05. The van der Waals surface area contributed by atoms with Gasteiger partial charge in [-0.15, -0.1) is 10.2 Å². The van der Waals surface area contributed by atoms with Gasteiger partial charge in [0.1, 0.15) is 11.9 Å². The number of fused-ring (bicyclic) bond motifs is 3. The normalized spacial score (nSPS) is 15.1. The van der Waals surface area contributed by atoms with Gasteiger partial charge in [-0.1, -0.05) is 35.4 Å². The lowest BCUT2D eigenvalue weighted by molar-refractivity contribution is -0.121. The van der Waals surface area contributed by atoms with Crippen LogP contribution in [0.5, 0.6) is 0 Å². The van der Waals surface area contributed by atoms with Gasteiger partial charge in [-0.05, 0) is 38.1 Å². The summed E-state index contributed by atoms with van der Waals surface area (Å²) >= 11 is 6.11. The van der Waals surface area contributed by atoms with Crippen LogP contribution in [0.15, 0.2) is 47.5 Å². The minimum atomic E-state index is -0.484. The van der Waals surface area contributed by atoms with Crippen LogP contribution in [0.4, 0.5) is 0 Å². The molecule has 4 rings (SSSR count). The third kappa shape index (κ3) is 3.86. The number of nitrogens with zero attached hydrogens (tertiary/aromatic N) is 4. The Kier molecular flexibility index (Phi) is 5.65. The number of benzene rings is 2. The fraction of sp³-hybridized carbons (Fsp3) is 0.273. The SMILES string of the molecule is Cc1ccc2c(c1)C(c1ccc(Cl)cc1)=N[C@@H](CC(=O)NCCN)c1nnc(C)n1-2. The Morgan fingerprint density at radius 2 is 1.93 bits per heavy atom. The molecule has 0 unspecified atom stereocenters. The Hall–Kier alpha value is -3.03. The first-order valence-corrected chi connectivity index (χ1v) is 10.2. The molecular formula is C22H23ClN6O. The van der Waals surface area contributed by atoms with Crippen molar-refractivity contribution in [2.45, 2.75) is 26.3 Å².